The van der Waals surface area contributed by atoms with Gasteiger partial charge in [0.05, 0.1) is 12.1 Å². The number of halogens is 4. The fourth-order valence-electron chi connectivity index (χ4n) is 2.10. The fourth-order valence-corrected chi connectivity index (χ4v) is 2.27. The maximum atomic E-state index is 13.0. The number of amides is 1. The van der Waals surface area contributed by atoms with E-state index in [0.29, 0.717) is 11.3 Å². The highest BCUT2D eigenvalue weighted by Crippen LogP contribution is 2.36. The second-order valence-corrected chi connectivity index (χ2v) is 5.66. The van der Waals surface area contributed by atoms with E-state index in [9.17, 15) is 22.8 Å². The van der Waals surface area contributed by atoms with Crippen molar-refractivity contribution in [2.45, 2.75) is 13.1 Å². The van der Waals surface area contributed by atoms with Gasteiger partial charge in [-0.1, -0.05) is 23.7 Å². The lowest BCUT2D eigenvalue weighted by Crippen LogP contribution is -2.23. The van der Waals surface area contributed by atoms with Gasteiger partial charge in [0.25, 0.3) is 0 Å². The van der Waals surface area contributed by atoms with Crippen LogP contribution >= 0.6 is 11.6 Å². The van der Waals surface area contributed by atoms with Crippen molar-refractivity contribution in [2.24, 2.45) is 0 Å². The molecular weight excluding hydrogens is 357 g/mol. The third-order valence-corrected chi connectivity index (χ3v) is 3.51. The molecule has 8 heteroatoms. The van der Waals surface area contributed by atoms with Crippen LogP contribution in [-0.4, -0.2) is 18.2 Å². The van der Waals surface area contributed by atoms with Crippen LogP contribution in [-0.2, 0) is 11.0 Å². The molecule has 0 spiro atoms. The first-order valence-corrected chi connectivity index (χ1v) is 7.56. The molecule has 0 aliphatic carbocycles. The maximum Gasteiger partial charge on any atom is 0.418 e. The number of Topliss-reactive ketones (excluding diaryl/α,β-unsaturated/α-hetero) is 1. The van der Waals surface area contributed by atoms with Crippen molar-refractivity contribution in [1.29, 1.82) is 0 Å². The van der Waals surface area contributed by atoms with E-state index in [1.165, 1.54) is 19.1 Å². The minimum atomic E-state index is -4.60. The summed E-state index contributed by atoms with van der Waals surface area (Å²) in [5.74, 6) is -0.714. The first kappa shape index (κ1) is 18.8. The summed E-state index contributed by atoms with van der Waals surface area (Å²) in [6.45, 7) is 1.01. The van der Waals surface area contributed by atoms with E-state index in [-0.39, 0.29) is 23.0 Å². The molecule has 0 aromatic heterocycles. The third-order valence-electron chi connectivity index (χ3n) is 3.28. The van der Waals surface area contributed by atoms with E-state index < -0.39 is 17.6 Å². The number of carbonyl (C=O) groups excluding carboxylic acids is 2. The Bertz CT molecular complexity index is 807. The summed E-state index contributed by atoms with van der Waals surface area (Å²) < 4.78 is 39.0. The molecule has 0 aliphatic rings. The van der Waals surface area contributed by atoms with Gasteiger partial charge in [0.2, 0.25) is 5.91 Å². The molecule has 0 heterocycles. The molecule has 0 atom stereocenters. The number of anilines is 2. The largest absolute Gasteiger partial charge is 0.418 e. The van der Waals surface area contributed by atoms with Crippen molar-refractivity contribution in [3.63, 3.8) is 0 Å². The Morgan fingerprint density at radius 2 is 1.84 bits per heavy atom. The first-order chi connectivity index (χ1) is 11.7. The highest BCUT2D eigenvalue weighted by Gasteiger charge is 2.33. The van der Waals surface area contributed by atoms with Crippen LogP contribution in [0.3, 0.4) is 0 Å². The molecule has 0 bridgehead atoms. The van der Waals surface area contributed by atoms with Gasteiger partial charge >= 0.3 is 6.18 Å². The molecule has 0 fully saturated rings. The number of nitrogens with one attached hydrogen (secondary N) is 2. The Hall–Kier alpha value is -2.54. The van der Waals surface area contributed by atoms with E-state index in [1.54, 1.807) is 18.2 Å². The number of ketones is 1. The van der Waals surface area contributed by atoms with Crippen LogP contribution in [0.25, 0.3) is 0 Å². The zero-order valence-corrected chi connectivity index (χ0v) is 13.8. The molecule has 2 aromatic rings. The third kappa shape index (κ3) is 5.22. The Morgan fingerprint density at radius 3 is 2.48 bits per heavy atom. The minimum Gasteiger partial charge on any atom is -0.376 e. The van der Waals surface area contributed by atoms with Gasteiger partial charge in [-0.05, 0) is 37.3 Å². The Kier molecular flexibility index (Phi) is 5.69. The summed E-state index contributed by atoms with van der Waals surface area (Å²) in [7, 11) is 0. The van der Waals surface area contributed by atoms with Crippen LogP contribution in [0.4, 0.5) is 24.5 Å². The molecule has 1 amide bonds. The van der Waals surface area contributed by atoms with Gasteiger partial charge < -0.3 is 10.6 Å². The standard InChI is InChI=1S/C17H14ClF3N2O2/c1-10(24)11-3-2-4-13(7-11)23-16(25)9-22-15-6-5-12(18)8-14(15)17(19,20)21/h2-8,22H,9H2,1H3,(H,23,25). The van der Waals surface area contributed by atoms with Gasteiger partial charge in [0.15, 0.2) is 5.78 Å². The summed E-state index contributed by atoms with van der Waals surface area (Å²) in [5.41, 5.74) is -0.398. The van der Waals surface area contributed by atoms with Crippen molar-refractivity contribution in [1.82, 2.24) is 0 Å². The second-order valence-electron chi connectivity index (χ2n) is 5.23. The molecule has 2 aromatic carbocycles. The Labute approximate surface area is 147 Å². The van der Waals surface area contributed by atoms with Crippen LogP contribution in [0.15, 0.2) is 42.5 Å². The fraction of sp³-hybridized carbons (Fsp3) is 0.176. The maximum absolute atomic E-state index is 13.0. The molecule has 0 unspecified atom stereocenters. The quantitative estimate of drug-likeness (QED) is 0.755. The summed E-state index contributed by atoms with van der Waals surface area (Å²) in [4.78, 5) is 23.2. The van der Waals surface area contributed by atoms with Crippen molar-refractivity contribution >= 4 is 34.7 Å². The zero-order chi connectivity index (χ0) is 18.6. The van der Waals surface area contributed by atoms with Gasteiger partial charge in [-0.2, -0.15) is 13.2 Å². The molecule has 2 rings (SSSR count). The van der Waals surface area contributed by atoms with Gasteiger partial charge in [0.1, 0.15) is 0 Å². The lowest BCUT2D eigenvalue weighted by molar-refractivity contribution is -0.137. The Balaban J connectivity index is 2.06. The topological polar surface area (TPSA) is 58.2 Å². The number of rotatable bonds is 5. The van der Waals surface area contributed by atoms with Crippen LogP contribution in [0, 0.1) is 0 Å². The van der Waals surface area contributed by atoms with E-state index in [4.69, 9.17) is 11.6 Å². The van der Waals surface area contributed by atoms with Crippen molar-refractivity contribution in [3.05, 3.63) is 58.6 Å². The van der Waals surface area contributed by atoms with Gasteiger partial charge in [-0.15, -0.1) is 0 Å². The number of hydrogen-bond donors (Lipinski definition) is 2. The minimum absolute atomic E-state index is 0.0524. The number of carbonyl (C=O) groups is 2. The smallest absolute Gasteiger partial charge is 0.376 e. The summed E-state index contributed by atoms with van der Waals surface area (Å²) >= 11 is 5.60. The molecule has 4 nitrogen and oxygen atoms in total. The van der Waals surface area contributed by atoms with Crippen LogP contribution < -0.4 is 10.6 Å². The van der Waals surface area contributed by atoms with E-state index >= 15 is 0 Å². The Morgan fingerprint density at radius 1 is 1.12 bits per heavy atom. The number of alkyl halides is 3. The first-order valence-electron chi connectivity index (χ1n) is 7.18. The normalized spacial score (nSPS) is 11.1. The molecule has 0 radical (unpaired) electrons. The summed E-state index contributed by atoms with van der Waals surface area (Å²) in [5, 5.41) is 4.91. The van der Waals surface area contributed by atoms with E-state index in [0.717, 1.165) is 12.1 Å². The molecular formula is C17H14ClF3N2O2. The average Bonchev–Trinajstić information content (AvgIpc) is 2.53. The SMILES string of the molecule is CC(=O)c1cccc(NC(=O)CNc2ccc(Cl)cc2C(F)(F)F)c1. The van der Waals surface area contributed by atoms with Gasteiger partial charge in [0, 0.05) is 22.0 Å². The van der Waals surface area contributed by atoms with Crippen LogP contribution in [0.2, 0.25) is 5.02 Å². The lowest BCUT2D eigenvalue weighted by Gasteiger charge is -2.15. The molecule has 132 valence electrons. The highest BCUT2D eigenvalue weighted by atomic mass is 35.5. The summed E-state index contributed by atoms with van der Waals surface area (Å²) in [6, 6.07) is 9.51. The predicted molar refractivity (Wildman–Crippen MR) is 90.0 cm³/mol. The van der Waals surface area contributed by atoms with Gasteiger partial charge in [-0.25, -0.2) is 0 Å². The van der Waals surface area contributed by atoms with Crippen LogP contribution in [0.1, 0.15) is 22.8 Å². The predicted octanol–water partition coefficient (Wildman–Crippen LogP) is 4.61. The zero-order valence-electron chi connectivity index (χ0n) is 13.1. The van der Waals surface area contributed by atoms with E-state index in [1.807, 2.05) is 0 Å². The molecule has 2 N–H and O–H groups in total. The highest BCUT2D eigenvalue weighted by molar-refractivity contribution is 6.30. The molecule has 0 saturated heterocycles. The number of hydrogen-bond acceptors (Lipinski definition) is 3. The number of benzene rings is 2. The summed E-state index contributed by atoms with van der Waals surface area (Å²) in [6.07, 6.45) is -4.60. The van der Waals surface area contributed by atoms with Crippen molar-refractivity contribution in [3.8, 4) is 0 Å². The van der Waals surface area contributed by atoms with Crippen molar-refractivity contribution in [2.75, 3.05) is 17.2 Å². The molecule has 0 saturated carbocycles. The average molecular weight is 371 g/mol. The lowest BCUT2D eigenvalue weighted by atomic mass is 10.1. The second kappa shape index (κ2) is 7.57. The van der Waals surface area contributed by atoms with E-state index in [2.05, 4.69) is 10.6 Å². The molecule has 0 aliphatic heterocycles. The van der Waals surface area contributed by atoms with Gasteiger partial charge in [-0.3, -0.25) is 9.59 Å². The van der Waals surface area contributed by atoms with Crippen LogP contribution in [0.5, 0.6) is 0 Å². The monoisotopic (exact) mass is 370 g/mol. The molecule has 25 heavy (non-hydrogen) atoms. The van der Waals surface area contributed by atoms with Crippen molar-refractivity contribution < 1.29 is 22.8 Å².